The lowest BCUT2D eigenvalue weighted by molar-refractivity contribution is -0.145. The molecule has 0 spiro atoms. The molecule has 0 aromatic carbocycles. The topological polar surface area (TPSA) is 69.6 Å². The molecule has 19 heavy (non-hydrogen) atoms. The van der Waals surface area contributed by atoms with E-state index in [0.717, 1.165) is 17.7 Å². The van der Waals surface area contributed by atoms with Crippen LogP contribution in [0.25, 0.3) is 0 Å². The number of aliphatic carboxylic acids is 1. The summed E-state index contributed by atoms with van der Waals surface area (Å²) >= 11 is 1.57. The number of hydrogen-bond acceptors (Lipinski definition) is 3. The highest BCUT2D eigenvalue weighted by atomic mass is 32.1. The molecule has 1 aromatic rings. The average molecular weight is 282 g/mol. The van der Waals surface area contributed by atoms with Crippen molar-refractivity contribution in [1.82, 2.24) is 10.2 Å². The summed E-state index contributed by atoms with van der Waals surface area (Å²) in [6.45, 7) is 2.85. The van der Waals surface area contributed by atoms with Gasteiger partial charge in [0.1, 0.15) is 6.04 Å². The number of thiophene rings is 1. The maximum absolute atomic E-state index is 12.1. The second kappa shape index (κ2) is 6.06. The SMILES string of the molecule is CC1CCCN(C(=O)NCc2cccs2)C1C(=O)O. The highest BCUT2D eigenvalue weighted by molar-refractivity contribution is 7.09. The van der Waals surface area contributed by atoms with Crippen LogP contribution in [0, 0.1) is 5.92 Å². The van der Waals surface area contributed by atoms with Gasteiger partial charge in [0.15, 0.2) is 0 Å². The molecule has 0 bridgehead atoms. The first-order chi connectivity index (χ1) is 9.09. The molecule has 2 atom stereocenters. The zero-order chi connectivity index (χ0) is 13.8. The van der Waals surface area contributed by atoms with Crippen molar-refractivity contribution < 1.29 is 14.7 Å². The summed E-state index contributed by atoms with van der Waals surface area (Å²) < 4.78 is 0. The lowest BCUT2D eigenvalue weighted by Gasteiger charge is -2.37. The molecular weight excluding hydrogens is 264 g/mol. The number of nitrogens with one attached hydrogen (secondary N) is 1. The molecular formula is C13H18N2O3S. The number of carboxylic acid groups (broad SMARTS) is 1. The number of nitrogens with zero attached hydrogens (tertiary/aromatic N) is 1. The summed E-state index contributed by atoms with van der Waals surface area (Å²) in [5, 5.41) is 14.0. The van der Waals surface area contributed by atoms with Crippen molar-refractivity contribution in [1.29, 1.82) is 0 Å². The number of carbonyl (C=O) groups excluding carboxylic acids is 1. The second-order valence-corrected chi connectivity index (χ2v) is 5.87. The van der Waals surface area contributed by atoms with Crippen LogP contribution in [0.1, 0.15) is 24.6 Å². The number of carbonyl (C=O) groups is 2. The fraction of sp³-hybridized carbons (Fsp3) is 0.538. The second-order valence-electron chi connectivity index (χ2n) is 4.83. The smallest absolute Gasteiger partial charge is 0.326 e. The van der Waals surface area contributed by atoms with Gasteiger partial charge >= 0.3 is 12.0 Å². The van der Waals surface area contributed by atoms with Gasteiger partial charge in [0.05, 0.1) is 6.54 Å². The Labute approximate surface area is 116 Å². The van der Waals surface area contributed by atoms with E-state index in [9.17, 15) is 14.7 Å². The first-order valence-electron chi connectivity index (χ1n) is 6.39. The fourth-order valence-electron chi connectivity index (χ4n) is 2.47. The summed E-state index contributed by atoms with van der Waals surface area (Å²) in [5.74, 6) is -0.919. The standard InChI is InChI=1S/C13H18N2O3S/c1-9-4-2-6-15(11(9)12(16)17)13(18)14-8-10-5-3-7-19-10/h3,5,7,9,11H,2,4,6,8H2,1H3,(H,14,18)(H,16,17). The van der Waals surface area contributed by atoms with Crippen LogP contribution in [0.3, 0.4) is 0 Å². The van der Waals surface area contributed by atoms with Crippen molar-refractivity contribution >= 4 is 23.3 Å². The Hall–Kier alpha value is -1.56. The molecule has 2 N–H and O–H groups in total. The Morgan fingerprint density at radius 1 is 1.58 bits per heavy atom. The van der Waals surface area contributed by atoms with Crippen LogP contribution < -0.4 is 5.32 Å². The van der Waals surface area contributed by atoms with Crippen molar-refractivity contribution in [2.24, 2.45) is 5.92 Å². The minimum atomic E-state index is -0.918. The predicted molar refractivity (Wildman–Crippen MR) is 73.1 cm³/mol. The maximum Gasteiger partial charge on any atom is 0.326 e. The van der Waals surface area contributed by atoms with Gasteiger partial charge in [-0.15, -0.1) is 11.3 Å². The third kappa shape index (κ3) is 3.26. The molecule has 1 aliphatic rings. The molecule has 0 aliphatic carbocycles. The first-order valence-corrected chi connectivity index (χ1v) is 7.27. The van der Waals surface area contributed by atoms with Crippen LogP contribution in [-0.2, 0) is 11.3 Å². The quantitative estimate of drug-likeness (QED) is 0.892. The minimum absolute atomic E-state index is 0.00117. The van der Waals surface area contributed by atoms with E-state index < -0.39 is 12.0 Å². The lowest BCUT2D eigenvalue weighted by atomic mass is 9.91. The Kier molecular flexibility index (Phi) is 4.42. The van der Waals surface area contributed by atoms with Crippen molar-refractivity contribution in [2.45, 2.75) is 32.4 Å². The van der Waals surface area contributed by atoms with Crippen molar-refractivity contribution in [3.63, 3.8) is 0 Å². The van der Waals surface area contributed by atoms with E-state index in [1.807, 2.05) is 24.4 Å². The van der Waals surface area contributed by atoms with Crippen molar-refractivity contribution in [3.8, 4) is 0 Å². The first kappa shape index (κ1) is 13.9. The molecule has 2 unspecified atom stereocenters. The molecule has 104 valence electrons. The molecule has 6 heteroatoms. The van der Waals surface area contributed by atoms with E-state index in [1.165, 1.54) is 4.90 Å². The Balaban J connectivity index is 1.97. The van der Waals surface area contributed by atoms with E-state index in [2.05, 4.69) is 5.32 Å². The molecule has 2 amide bonds. The molecule has 1 fully saturated rings. The van der Waals surface area contributed by atoms with Gasteiger partial charge in [-0.3, -0.25) is 0 Å². The molecule has 1 aliphatic heterocycles. The average Bonchev–Trinajstić information content (AvgIpc) is 2.88. The summed E-state index contributed by atoms with van der Waals surface area (Å²) in [4.78, 5) is 25.9. The number of amides is 2. The maximum atomic E-state index is 12.1. The minimum Gasteiger partial charge on any atom is -0.480 e. The lowest BCUT2D eigenvalue weighted by Crippen LogP contribution is -2.54. The zero-order valence-corrected chi connectivity index (χ0v) is 11.7. The van der Waals surface area contributed by atoms with Crippen LogP contribution >= 0.6 is 11.3 Å². The third-order valence-electron chi connectivity index (χ3n) is 3.44. The molecule has 5 nitrogen and oxygen atoms in total. The predicted octanol–water partition coefficient (Wildman–Crippen LogP) is 2.14. The largest absolute Gasteiger partial charge is 0.480 e. The van der Waals surface area contributed by atoms with Gasteiger partial charge < -0.3 is 15.3 Å². The Morgan fingerprint density at radius 3 is 3.00 bits per heavy atom. The summed E-state index contributed by atoms with van der Waals surface area (Å²) in [7, 11) is 0. The van der Waals surface area contributed by atoms with Gasteiger partial charge in [-0.05, 0) is 30.2 Å². The van der Waals surface area contributed by atoms with Gasteiger partial charge in [-0.2, -0.15) is 0 Å². The summed E-state index contributed by atoms with van der Waals surface area (Å²) in [6.07, 6.45) is 1.71. The highest BCUT2D eigenvalue weighted by Gasteiger charge is 2.36. The van der Waals surface area contributed by atoms with Crippen LogP contribution in [0.5, 0.6) is 0 Å². The highest BCUT2D eigenvalue weighted by Crippen LogP contribution is 2.23. The van der Waals surface area contributed by atoms with E-state index in [0.29, 0.717) is 13.1 Å². The van der Waals surface area contributed by atoms with Gasteiger partial charge in [0.25, 0.3) is 0 Å². The summed E-state index contributed by atoms with van der Waals surface area (Å²) in [6, 6.07) is 2.87. The molecule has 1 saturated heterocycles. The van der Waals surface area contributed by atoms with Gasteiger partial charge in [-0.25, -0.2) is 9.59 Å². The van der Waals surface area contributed by atoms with Crippen LogP contribution in [0.4, 0.5) is 4.79 Å². The molecule has 0 saturated carbocycles. The van der Waals surface area contributed by atoms with E-state index >= 15 is 0 Å². The normalized spacial score (nSPS) is 23.1. The number of likely N-dealkylation sites (tertiary alicyclic amines) is 1. The van der Waals surface area contributed by atoms with E-state index in [4.69, 9.17) is 0 Å². The third-order valence-corrected chi connectivity index (χ3v) is 4.32. The number of carboxylic acids is 1. The zero-order valence-electron chi connectivity index (χ0n) is 10.8. The monoisotopic (exact) mass is 282 g/mol. The number of urea groups is 1. The van der Waals surface area contributed by atoms with Crippen LogP contribution in [0.15, 0.2) is 17.5 Å². The molecule has 2 heterocycles. The summed E-state index contributed by atoms with van der Waals surface area (Å²) in [5.41, 5.74) is 0. The van der Waals surface area contributed by atoms with Gasteiger partial charge in [0, 0.05) is 11.4 Å². The molecule has 1 aromatic heterocycles. The number of rotatable bonds is 3. The van der Waals surface area contributed by atoms with Crippen LogP contribution in [-0.4, -0.2) is 34.6 Å². The fourth-order valence-corrected chi connectivity index (χ4v) is 3.11. The number of piperidine rings is 1. The van der Waals surface area contributed by atoms with Gasteiger partial charge in [-0.1, -0.05) is 13.0 Å². The van der Waals surface area contributed by atoms with E-state index in [1.54, 1.807) is 11.3 Å². The van der Waals surface area contributed by atoms with Crippen molar-refractivity contribution in [2.75, 3.05) is 6.54 Å². The molecule has 0 radical (unpaired) electrons. The van der Waals surface area contributed by atoms with Crippen LogP contribution in [0.2, 0.25) is 0 Å². The van der Waals surface area contributed by atoms with E-state index in [-0.39, 0.29) is 11.9 Å². The van der Waals surface area contributed by atoms with Crippen molar-refractivity contribution in [3.05, 3.63) is 22.4 Å². The Bertz CT molecular complexity index is 447. The van der Waals surface area contributed by atoms with Gasteiger partial charge in [0.2, 0.25) is 0 Å². The molecule has 2 rings (SSSR count). The Morgan fingerprint density at radius 2 is 2.37 bits per heavy atom. The number of hydrogen-bond donors (Lipinski definition) is 2.